The van der Waals surface area contributed by atoms with Crippen molar-refractivity contribution in [2.45, 2.75) is 6.54 Å². The van der Waals surface area contributed by atoms with Crippen LogP contribution in [-0.2, 0) is 11.3 Å². The zero-order valence-corrected chi connectivity index (χ0v) is 16.7. The van der Waals surface area contributed by atoms with Crippen molar-refractivity contribution in [1.29, 1.82) is 0 Å². The van der Waals surface area contributed by atoms with Gasteiger partial charge in [-0.2, -0.15) is 0 Å². The molecule has 0 saturated heterocycles. The van der Waals surface area contributed by atoms with Crippen molar-refractivity contribution in [2.75, 3.05) is 12.0 Å². The van der Waals surface area contributed by atoms with Gasteiger partial charge in [-0.15, -0.1) is 0 Å². The van der Waals surface area contributed by atoms with E-state index in [9.17, 15) is 9.59 Å². The van der Waals surface area contributed by atoms with Crippen molar-refractivity contribution in [3.8, 4) is 5.75 Å². The second-order valence-electron chi connectivity index (χ2n) is 4.95. The Hall–Kier alpha value is -1.18. The highest BCUT2D eigenvalue weighted by Gasteiger charge is 2.38. The Kier molecular flexibility index (Phi) is 4.62. The molecule has 3 rings (SSSR count). The molecule has 4 nitrogen and oxygen atoms in total. The summed E-state index contributed by atoms with van der Waals surface area (Å²) >= 11 is 10.3. The van der Waals surface area contributed by atoms with Gasteiger partial charge in [0.25, 0.3) is 11.7 Å². The van der Waals surface area contributed by atoms with E-state index in [0.29, 0.717) is 22.3 Å². The van der Waals surface area contributed by atoms with Crippen molar-refractivity contribution >= 4 is 65.2 Å². The van der Waals surface area contributed by atoms with Crippen molar-refractivity contribution in [3.05, 3.63) is 54.9 Å². The van der Waals surface area contributed by atoms with Crippen molar-refractivity contribution in [3.63, 3.8) is 0 Å². The number of amides is 1. The number of halogens is 3. The van der Waals surface area contributed by atoms with Gasteiger partial charge in [-0.1, -0.05) is 12.1 Å². The number of carbonyl (C=O) groups is 2. The van der Waals surface area contributed by atoms with Crippen LogP contribution in [0, 0.1) is 0 Å². The van der Waals surface area contributed by atoms with E-state index in [1.54, 1.807) is 13.2 Å². The summed E-state index contributed by atoms with van der Waals surface area (Å²) in [6.45, 7) is 0.314. The topological polar surface area (TPSA) is 46.6 Å². The first-order valence-corrected chi connectivity index (χ1v) is 8.98. The zero-order valence-electron chi connectivity index (χ0n) is 11.9. The van der Waals surface area contributed by atoms with Crippen LogP contribution in [0.1, 0.15) is 15.9 Å². The summed E-state index contributed by atoms with van der Waals surface area (Å²) in [5.41, 5.74) is 1.89. The highest BCUT2D eigenvalue weighted by molar-refractivity contribution is 9.14. The number of carbonyl (C=O) groups excluding carboxylic acids is 2. The Balaban J connectivity index is 2.03. The third kappa shape index (κ3) is 2.86. The minimum atomic E-state index is -0.526. The summed E-state index contributed by atoms with van der Waals surface area (Å²) in [6.07, 6.45) is 0. The van der Waals surface area contributed by atoms with Gasteiger partial charge < -0.3 is 4.74 Å². The number of ketones is 1. The smallest absolute Gasteiger partial charge is 0.299 e. The monoisotopic (exact) mass is 501 g/mol. The number of hydrogen-bond acceptors (Lipinski definition) is 3. The summed E-state index contributed by atoms with van der Waals surface area (Å²) in [6, 6.07) is 9.06. The predicted molar refractivity (Wildman–Crippen MR) is 98.1 cm³/mol. The fourth-order valence-electron chi connectivity index (χ4n) is 2.43. The minimum absolute atomic E-state index is 0.314. The Morgan fingerprint density at radius 2 is 1.70 bits per heavy atom. The number of methoxy groups -OCH3 is 1. The quantitative estimate of drug-likeness (QED) is 0.450. The van der Waals surface area contributed by atoms with E-state index in [2.05, 4.69) is 47.8 Å². The lowest BCUT2D eigenvalue weighted by Gasteiger charge is -2.19. The lowest BCUT2D eigenvalue weighted by Crippen LogP contribution is -2.29. The molecule has 0 bridgehead atoms. The van der Waals surface area contributed by atoms with Gasteiger partial charge >= 0.3 is 0 Å². The second kappa shape index (κ2) is 6.37. The number of anilines is 1. The molecule has 118 valence electrons. The summed E-state index contributed by atoms with van der Waals surface area (Å²) in [5, 5.41) is 0. The van der Waals surface area contributed by atoms with E-state index >= 15 is 0 Å². The van der Waals surface area contributed by atoms with E-state index < -0.39 is 11.7 Å². The van der Waals surface area contributed by atoms with Gasteiger partial charge in [0.2, 0.25) is 0 Å². The molecule has 2 aromatic carbocycles. The Labute approximate surface area is 158 Å². The van der Waals surface area contributed by atoms with E-state index in [0.717, 1.165) is 20.3 Å². The first-order chi connectivity index (χ1) is 10.9. The second-order valence-corrected chi connectivity index (χ2v) is 7.39. The Bertz CT molecular complexity index is 818. The number of benzene rings is 2. The fraction of sp³-hybridized carbons (Fsp3) is 0.125. The maximum absolute atomic E-state index is 12.4. The van der Waals surface area contributed by atoms with Crippen LogP contribution >= 0.6 is 47.8 Å². The molecule has 0 saturated carbocycles. The highest BCUT2D eigenvalue weighted by atomic mass is 79.9. The maximum atomic E-state index is 12.4. The molecule has 0 unspecified atom stereocenters. The van der Waals surface area contributed by atoms with Gasteiger partial charge in [-0.3, -0.25) is 14.5 Å². The Morgan fingerprint density at radius 3 is 2.30 bits per heavy atom. The van der Waals surface area contributed by atoms with Crippen LogP contribution in [0.15, 0.2) is 43.7 Å². The van der Waals surface area contributed by atoms with Crippen LogP contribution in [0.2, 0.25) is 0 Å². The van der Waals surface area contributed by atoms with Gasteiger partial charge in [0.05, 0.1) is 29.4 Å². The van der Waals surface area contributed by atoms with Crippen LogP contribution in [-0.4, -0.2) is 18.8 Å². The van der Waals surface area contributed by atoms with Crippen LogP contribution in [0.25, 0.3) is 0 Å². The zero-order chi connectivity index (χ0) is 16.7. The molecule has 0 radical (unpaired) electrons. The molecular formula is C16H10Br3NO3. The Morgan fingerprint density at radius 1 is 1.04 bits per heavy atom. The molecule has 1 aliphatic rings. The minimum Gasteiger partial charge on any atom is -0.497 e. The molecule has 0 spiro atoms. The van der Waals surface area contributed by atoms with Gasteiger partial charge in [0, 0.05) is 8.95 Å². The molecule has 7 heteroatoms. The van der Waals surface area contributed by atoms with Crippen molar-refractivity contribution < 1.29 is 14.3 Å². The molecule has 2 aromatic rings. The molecular weight excluding hydrogens is 494 g/mol. The molecule has 0 fully saturated rings. The van der Waals surface area contributed by atoms with E-state index in [4.69, 9.17) is 4.74 Å². The van der Waals surface area contributed by atoms with E-state index in [1.165, 1.54) is 4.90 Å². The summed E-state index contributed by atoms with van der Waals surface area (Å²) in [4.78, 5) is 26.1. The predicted octanol–water partition coefficient (Wildman–Crippen LogP) is 4.71. The summed E-state index contributed by atoms with van der Waals surface area (Å²) in [7, 11) is 1.60. The number of hydrogen-bond donors (Lipinski definition) is 0. The molecule has 0 atom stereocenters. The number of fused-ring (bicyclic) bond motifs is 1. The first kappa shape index (κ1) is 16.7. The van der Waals surface area contributed by atoms with Crippen LogP contribution in [0.4, 0.5) is 5.69 Å². The molecule has 0 aromatic heterocycles. The van der Waals surface area contributed by atoms with Crippen molar-refractivity contribution in [2.24, 2.45) is 0 Å². The number of ether oxygens (including phenoxy) is 1. The van der Waals surface area contributed by atoms with Gasteiger partial charge in [-0.05, 0) is 71.6 Å². The largest absolute Gasteiger partial charge is 0.497 e. The summed E-state index contributed by atoms with van der Waals surface area (Å²) in [5.74, 6) is -0.283. The van der Waals surface area contributed by atoms with Crippen LogP contribution < -0.4 is 9.64 Å². The van der Waals surface area contributed by atoms with E-state index in [1.807, 2.05) is 24.3 Å². The van der Waals surface area contributed by atoms with Crippen LogP contribution in [0.5, 0.6) is 5.75 Å². The highest BCUT2D eigenvalue weighted by Crippen LogP contribution is 2.44. The average Bonchev–Trinajstić information content (AvgIpc) is 2.78. The van der Waals surface area contributed by atoms with Gasteiger partial charge in [0.15, 0.2) is 0 Å². The lowest BCUT2D eigenvalue weighted by atomic mass is 10.1. The summed E-state index contributed by atoms with van der Waals surface area (Å²) < 4.78 is 7.28. The number of Topliss-reactive ketones (excluding diaryl/α,β-unsaturated/α-hetero) is 1. The number of rotatable bonds is 3. The normalized spacial score (nSPS) is 13.5. The molecule has 0 N–H and O–H groups in total. The fourth-order valence-corrected chi connectivity index (χ4v) is 4.06. The van der Waals surface area contributed by atoms with E-state index in [-0.39, 0.29) is 0 Å². The van der Waals surface area contributed by atoms with Crippen LogP contribution in [0.3, 0.4) is 0 Å². The molecule has 0 aliphatic carbocycles. The average molecular weight is 504 g/mol. The SMILES string of the molecule is COc1ccc(CN2C(=O)C(=O)c3cc(Br)c(Br)c(Br)c32)cc1. The molecule has 1 aliphatic heterocycles. The molecule has 1 amide bonds. The van der Waals surface area contributed by atoms with Gasteiger partial charge in [0.1, 0.15) is 5.75 Å². The maximum Gasteiger partial charge on any atom is 0.299 e. The number of nitrogens with zero attached hydrogens (tertiary/aromatic N) is 1. The van der Waals surface area contributed by atoms with Crippen molar-refractivity contribution in [1.82, 2.24) is 0 Å². The van der Waals surface area contributed by atoms with Gasteiger partial charge in [-0.25, -0.2) is 0 Å². The first-order valence-electron chi connectivity index (χ1n) is 6.60. The molecule has 1 heterocycles. The lowest BCUT2D eigenvalue weighted by molar-refractivity contribution is -0.114. The molecule has 23 heavy (non-hydrogen) atoms. The standard InChI is InChI=1S/C16H10Br3NO3/c1-23-9-4-2-8(3-5-9)7-20-14-10(15(21)16(20)22)6-11(17)12(18)13(14)19/h2-6H,7H2,1H3. The third-order valence-corrected chi connectivity index (χ3v) is 6.88. The third-order valence-electron chi connectivity index (χ3n) is 3.59.